The number of aromatic nitrogens is 2. The number of nitrogens with zero attached hydrogens (tertiary/aromatic N) is 2. The van der Waals surface area contributed by atoms with Crippen LogP contribution in [0.5, 0.6) is 5.75 Å². The van der Waals surface area contributed by atoms with Crippen LogP contribution in [0.1, 0.15) is 42.5 Å². The van der Waals surface area contributed by atoms with Gasteiger partial charge >= 0.3 is 14.3 Å². The Morgan fingerprint density at radius 2 is 1.51 bits per heavy atom. The quantitative estimate of drug-likeness (QED) is 0.150. The van der Waals surface area contributed by atoms with E-state index in [0.29, 0.717) is 17.1 Å². The van der Waals surface area contributed by atoms with Crippen LogP contribution in [0.25, 0.3) is 10.8 Å². The molecule has 0 amide bonds. The van der Waals surface area contributed by atoms with Crippen LogP contribution >= 0.6 is 11.6 Å². The second-order valence-corrected chi connectivity index (χ2v) is 16.0. The number of hydrogen-bond donors (Lipinski definition) is 0. The largest absolute Gasteiger partial charge is 0.534 e. The van der Waals surface area contributed by atoms with E-state index < -0.39 is 14.3 Å². The van der Waals surface area contributed by atoms with Crippen molar-refractivity contribution < 1.29 is 14.0 Å². The highest BCUT2D eigenvalue weighted by Gasteiger charge is 2.52. The molecule has 0 unspecified atom stereocenters. The van der Waals surface area contributed by atoms with Crippen LogP contribution in [0.3, 0.4) is 0 Å². The van der Waals surface area contributed by atoms with E-state index in [1.54, 1.807) is 10.7 Å². The summed E-state index contributed by atoms with van der Waals surface area (Å²) in [7, 11) is 0.360. The molecule has 0 atom stereocenters. The molecule has 0 bridgehead atoms. The molecular formula is C34H35ClN2O3Si. The summed E-state index contributed by atoms with van der Waals surface area (Å²) in [5.41, 5.74) is 2.38. The van der Waals surface area contributed by atoms with Crippen molar-refractivity contribution in [1.29, 1.82) is 0 Å². The number of esters is 1. The number of ether oxygens (including phenoxy) is 1. The molecule has 0 aliphatic heterocycles. The van der Waals surface area contributed by atoms with Gasteiger partial charge < -0.3 is 9.16 Å². The second-order valence-electron chi connectivity index (χ2n) is 11.4. The van der Waals surface area contributed by atoms with Gasteiger partial charge in [-0.2, -0.15) is 5.10 Å². The van der Waals surface area contributed by atoms with E-state index in [-0.39, 0.29) is 5.04 Å². The first-order chi connectivity index (χ1) is 19.6. The van der Waals surface area contributed by atoms with Crippen LogP contribution < -0.4 is 14.8 Å². The van der Waals surface area contributed by atoms with Crippen LogP contribution in [-0.4, -0.2) is 31.2 Å². The number of benzene rings is 4. The summed E-state index contributed by atoms with van der Waals surface area (Å²) in [5.74, 6) is 0.414. The molecule has 210 valence electrons. The molecule has 7 heteroatoms. The van der Waals surface area contributed by atoms with Crippen LogP contribution in [-0.2, 0) is 24.6 Å². The van der Waals surface area contributed by atoms with Gasteiger partial charge in [-0.05, 0) is 69.5 Å². The van der Waals surface area contributed by atoms with Crippen LogP contribution in [0, 0.1) is 0 Å². The minimum absolute atomic E-state index is 0.177. The number of carbonyl (C=O) groups is 1. The molecule has 5 rings (SSSR count). The molecule has 5 nitrogen and oxygen atoms in total. The lowest BCUT2D eigenvalue weighted by molar-refractivity contribution is 0.0593. The Labute approximate surface area is 247 Å². The average molecular weight is 583 g/mol. The van der Waals surface area contributed by atoms with E-state index in [0.717, 1.165) is 34.2 Å². The Hall–Kier alpha value is -3.87. The van der Waals surface area contributed by atoms with Crippen molar-refractivity contribution in [3.63, 3.8) is 0 Å². The molecule has 0 N–H and O–H groups in total. The maximum absolute atomic E-state index is 12.0. The summed E-state index contributed by atoms with van der Waals surface area (Å²) in [6, 6.07) is 33.4. The van der Waals surface area contributed by atoms with Gasteiger partial charge in [0, 0.05) is 23.2 Å². The minimum Gasteiger partial charge on any atom is -0.534 e. The van der Waals surface area contributed by atoms with Crippen molar-refractivity contribution >= 4 is 47.0 Å². The first-order valence-electron chi connectivity index (χ1n) is 13.8. The van der Waals surface area contributed by atoms with Gasteiger partial charge in [-0.15, -0.1) is 0 Å². The molecule has 0 fully saturated rings. The van der Waals surface area contributed by atoms with Crippen molar-refractivity contribution in [3.05, 3.63) is 119 Å². The van der Waals surface area contributed by atoms with E-state index in [4.69, 9.17) is 20.8 Å². The number of fused-ring (bicyclic) bond motifs is 1. The second kappa shape index (κ2) is 11.5. The van der Waals surface area contributed by atoms with Crippen LogP contribution in [0.4, 0.5) is 0 Å². The third-order valence-corrected chi connectivity index (χ3v) is 12.8. The van der Waals surface area contributed by atoms with E-state index >= 15 is 0 Å². The van der Waals surface area contributed by atoms with Crippen LogP contribution in [0.2, 0.25) is 10.1 Å². The molecule has 1 aromatic heterocycles. The van der Waals surface area contributed by atoms with Gasteiger partial charge in [0.1, 0.15) is 5.75 Å². The Balaban J connectivity index is 1.63. The molecule has 0 saturated heterocycles. The number of hydrogen-bond acceptors (Lipinski definition) is 4. The molecule has 1 heterocycles. The van der Waals surface area contributed by atoms with E-state index in [1.807, 2.05) is 19.2 Å². The lowest BCUT2D eigenvalue weighted by Crippen LogP contribution is -2.68. The molecule has 0 radical (unpaired) electrons. The maximum atomic E-state index is 12.0. The molecule has 0 aliphatic carbocycles. The van der Waals surface area contributed by atoms with Gasteiger partial charge in [0.05, 0.1) is 7.11 Å². The fourth-order valence-corrected chi connectivity index (χ4v) is 10.2. The number of aryl methyl sites for hydroxylation is 3. The van der Waals surface area contributed by atoms with Crippen molar-refractivity contribution in [2.75, 3.05) is 7.11 Å². The molecule has 5 aromatic rings. The normalized spacial score (nSPS) is 12.0. The molecular weight excluding hydrogens is 548 g/mol. The number of halogens is 1. The lowest BCUT2D eigenvalue weighted by atomic mass is 10.0. The van der Waals surface area contributed by atoms with Crippen LogP contribution in [0.15, 0.2) is 97.1 Å². The predicted octanol–water partition coefficient (Wildman–Crippen LogP) is 6.74. The lowest BCUT2D eigenvalue weighted by Gasteiger charge is -2.43. The fraction of sp³-hybridized carbons (Fsp3) is 0.235. The zero-order valence-corrected chi connectivity index (χ0v) is 25.9. The van der Waals surface area contributed by atoms with Gasteiger partial charge in [0.25, 0.3) is 0 Å². The third-order valence-electron chi connectivity index (χ3n) is 7.66. The van der Waals surface area contributed by atoms with Crippen molar-refractivity contribution in [2.45, 2.75) is 38.7 Å². The zero-order valence-electron chi connectivity index (χ0n) is 24.1. The van der Waals surface area contributed by atoms with Crippen molar-refractivity contribution in [3.8, 4) is 5.75 Å². The van der Waals surface area contributed by atoms with Gasteiger partial charge in [0.15, 0.2) is 5.69 Å². The third kappa shape index (κ3) is 5.67. The highest BCUT2D eigenvalue weighted by atomic mass is 35.5. The van der Waals surface area contributed by atoms with Gasteiger partial charge in [-0.25, -0.2) is 4.79 Å². The van der Waals surface area contributed by atoms with Crippen molar-refractivity contribution in [1.82, 2.24) is 9.78 Å². The average Bonchev–Trinajstić information content (AvgIpc) is 3.34. The summed E-state index contributed by atoms with van der Waals surface area (Å²) in [6.07, 6.45) is 1.44. The SMILES string of the molecule is COC(=O)c1cc(CCc2cc(O[Si](c3ccccc3)(c3ccccc3)C(C)(C)C)c3ccc(Cl)cc3c2)n(C)n1. The van der Waals surface area contributed by atoms with Gasteiger partial charge in [0.2, 0.25) is 0 Å². The minimum atomic E-state index is -2.85. The molecule has 0 saturated carbocycles. The highest BCUT2D eigenvalue weighted by Crippen LogP contribution is 2.40. The number of rotatable bonds is 8. The number of carbonyl (C=O) groups excluding carboxylic acids is 1. The summed E-state index contributed by atoms with van der Waals surface area (Å²) in [6.45, 7) is 6.84. The first kappa shape index (κ1) is 28.6. The van der Waals surface area contributed by atoms with Crippen molar-refractivity contribution in [2.24, 2.45) is 7.05 Å². The van der Waals surface area contributed by atoms with Gasteiger partial charge in [-0.3, -0.25) is 4.68 Å². The molecule has 0 spiro atoms. The Morgan fingerprint density at radius 3 is 2.10 bits per heavy atom. The topological polar surface area (TPSA) is 53.4 Å². The molecule has 41 heavy (non-hydrogen) atoms. The molecule has 0 aliphatic rings. The predicted molar refractivity (Wildman–Crippen MR) is 169 cm³/mol. The summed E-state index contributed by atoms with van der Waals surface area (Å²) >= 11 is 6.47. The number of methoxy groups -OCH3 is 1. The first-order valence-corrected chi connectivity index (χ1v) is 16.0. The zero-order chi connectivity index (χ0) is 29.2. The summed E-state index contributed by atoms with van der Waals surface area (Å²) in [4.78, 5) is 12.0. The Morgan fingerprint density at radius 1 is 0.878 bits per heavy atom. The highest BCUT2D eigenvalue weighted by molar-refractivity contribution is 7.00. The fourth-order valence-electron chi connectivity index (χ4n) is 5.62. The maximum Gasteiger partial charge on any atom is 0.358 e. The molecule has 4 aromatic carbocycles. The Kier molecular flexibility index (Phi) is 8.07. The standard InChI is InChI=1S/C34H35ClN2O3Si/c1-34(2,3)41(28-12-8-6-9-13-28,29-14-10-7-11-15-29)40-32-21-24(20-25-22-26(35)17-19-30(25)32)16-18-27-23-31(33(38)39-5)36-37(27)4/h6-15,17,19-23H,16,18H2,1-5H3. The summed E-state index contributed by atoms with van der Waals surface area (Å²) < 4.78 is 14.1. The Bertz CT molecular complexity index is 1640. The van der Waals surface area contributed by atoms with E-state index in [2.05, 4.69) is 105 Å². The smallest absolute Gasteiger partial charge is 0.358 e. The van der Waals surface area contributed by atoms with E-state index in [1.165, 1.54) is 17.5 Å². The van der Waals surface area contributed by atoms with Gasteiger partial charge in [-0.1, -0.05) is 99.1 Å². The summed E-state index contributed by atoms with van der Waals surface area (Å²) in [5, 5.41) is 9.32. The monoisotopic (exact) mass is 582 g/mol. The van der Waals surface area contributed by atoms with E-state index in [9.17, 15) is 4.79 Å².